The average Bonchev–Trinajstić information content (AvgIpc) is 3.42. The van der Waals surface area contributed by atoms with Crippen molar-refractivity contribution >= 4 is 11.9 Å². The predicted octanol–water partition coefficient (Wildman–Crippen LogP) is 2.75. The minimum Gasteiger partial charge on any atom is -0.496 e. The second-order valence-electron chi connectivity index (χ2n) is 7.99. The normalized spacial score (nSPS) is 21.6. The smallest absolute Gasteiger partial charge is 0.225 e. The van der Waals surface area contributed by atoms with Gasteiger partial charge in [-0.3, -0.25) is 9.79 Å². The Morgan fingerprint density at radius 2 is 2.04 bits per heavy atom. The van der Waals surface area contributed by atoms with Crippen LogP contribution in [-0.4, -0.2) is 56.6 Å². The third kappa shape index (κ3) is 4.97. The van der Waals surface area contributed by atoms with Crippen LogP contribution in [0.3, 0.4) is 0 Å². The molecule has 6 heteroatoms. The van der Waals surface area contributed by atoms with Crippen LogP contribution < -0.4 is 15.4 Å². The number of benzene rings is 1. The molecule has 28 heavy (non-hydrogen) atoms. The molecule has 0 radical (unpaired) electrons. The van der Waals surface area contributed by atoms with E-state index in [0.29, 0.717) is 11.8 Å². The first-order valence-electron chi connectivity index (χ1n) is 10.5. The van der Waals surface area contributed by atoms with Crippen LogP contribution >= 0.6 is 0 Å². The molecule has 2 fully saturated rings. The maximum absolute atomic E-state index is 12.6. The molecule has 1 aromatic rings. The molecule has 1 aromatic carbocycles. The number of carbonyl (C=O) groups is 1. The van der Waals surface area contributed by atoms with Gasteiger partial charge in [0.15, 0.2) is 5.96 Å². The molecule has 0 aromatic heterocycles. The third-order valence-corrected chi connectivity index (χ3v) is 6.01. The number of ether oxygens (including phenoxy) is 1. The number of nitrogens with one attached hydrogen (secondary N) is 2. The Bertz CT molecular complexity index is 685. The Hall–Kier alpha value is -2.24. The van der Waals surface area contributed by atoms with Crippen LogP contribution in [0.1, 0.15) is 50.5 Å². The number of aliphatic imine (C=N–C) groups is 1. The quantitative estimate of drug-likeness (QED) is 0.583. The van der Waals surface area contributed by atoms with Gasteiger partial charge in [-0.05, 0) is 30.9 Å². The molecule has 2 unspecified atom stereocenters. The third-order valence-electron chi connectivity index (χ3n) is 6.01. The molecule has 1 saturated heterocycles. The lowest BCUT2D eigenvalue weighted by Gasteiger charge is -2.22. The number of guanidine groups is 1. The summed E-state index contributed by atoms with van der Waals surface area (Å²) in [6.45, 7) is 4.56. The average molecular weight is 387 g/mol. The van der Waals surface area contributed by atoms with Crippen LogP contribution in [0, 0.1) is 5.92 Å². The van der Waals surface area contributed by atoms with Gasteiger partial charge in [0.25, 0.3) is 0 Å². The molecule has 3 rings (SSSR count). The van der Waals surface area contributed by atoms with E-state index in [2.05, 4.69) is 28.6 Å². The molecule has 1 aliphatic carbocycles. The van der Waals surface area contributed by atoms with Gasteiger partial charge in [-0.15, -0.1) is 0 Å². The van der Waals surface area contributed by atoms with Gasteiger partial charge in [-0.1, -0.05) is 38.0 Å². The van der Waals surface area contributed by atoms with Crippen LogP contribution in [0.15, 0.2) is 29.3 Å². The number of amides is 1. The number of hydrogen-bond donors (Lipinski definition) is 2. The summed E-state index contributed by atoms with van der Waals surface area (Å²) in [5.74, 6) is 2.62. The number of likely N-dealkylation sites (tertiary alicyclic amines) is 1. The maximum atomic E-state index is 12.6. The number of para-hydroxylation sites is 1. The van der Waals surface area contributed by atoms with E-state index in [1.807, 2.05) is 23.1 Å². The minimum absolute atomic E-state index is 0.262. The highest BCUT2D eigenvalue weighted by Gasteiger charge is 2.32. The maximum Gasteiger partial charge on any atom is 0.225 e. The zero-order valence-corrected chi connectivity index (χ0v) is 17.4. The lowest BCUT2D eigenvalue weighted by atomic mass is 10.0. The standard InChI is InChI=1S/C22H34N4O2/c1-16(19-10-6-7-11-20(19)28-3)14-24-22(23-2)25-18-12-13-26(15-18)21(27)17-8-4-5-9-17/h6-7,10-11,16-18H,4-5,8-9,12-15H2,1-3H3,(H2,23,24,25). The molecule has 2 N–H and O–H groups in total. The van der Waals surface area contributed by atoms with Crippen molar-refractivity contribution in [2.75, 3.05) is 33.8 Å². The largest absolute Gasteiger partial charge is 0.496 e. The van der Waals surface area contributed by atoms with E-state index in [1.165, 1.54) is 18.4 Å². The van der Waals surface area contributed by atoms with E-state index >= 15 is 0 Å². The van der Waals surface area contributed by atoms with Crippen LogP contribution in [0.2, 0.25) is 0 Å². The first-order chi connectivity index (χ1) is 13.6. The van der Waals surface area contributed by atoms with Crippen molar-refractivity contribution in [2.45, 2.75) is 51.0 Å². The van der Waals surface area contributed by atoms with Crippen LogP contribution in [0.25, 0.3) is 0 Å². The Labute approximate surface area is 168 Å². The molecule has 2 atom stereocenters. The fourth-order valence-electron chi connectivity index (χ4n) is 4.33. The van der Waals surface area contributed by atoms with Crippen molar-refractivity contribution in [3.8, 4) is 5.75 Å². The Kier molecular flexibility index (Phi) is 7.18. The topological polar surface area (TPSA) is 66.0 Å². The van der Waals surface area contributed by atoms with Gasteiger partial charge in [-0.25, -0.2) is 0 Å². The van der Waals surface area contributed by atoms with Crippen molar-refractivity contribution in [1.82, 2.24) is 15.5 Å². The van der Waals surface area contributed by atoms with E-state index < -0.39 is 0 Å². The molecular weight excluding hydrogens is 352 g/mol. The van der Waals surface area contributed by atoms with Crippen molar-refractivity contribution in [3.63, 3.8) is 0 Å². The molecule has 2 aliphatic rings. The summed E-state index contributed by atoms with van der Waals surface area (Å²) in [5, 5.41) is 6.92. The van der Waals surface area contributed by atoms with Crippen molar-refractivity contribution in [2.24, 2.45) is 10.9 Å². The first kappa shape index (κ1) is 20.5. The molecule has 0 spiro atoms. The molecule has 1 heterocycles. The Balaban J connectivity index is 1.47. The second kappa shape index (κ2) is 9.80. The summed E-state index contributed by atoms with van der Waals surface area (Å²) in [6, 6.07) is 8.38. The van der Waals surface area contributed by atoms with Crippen LogP contribution in [-0.2, 0) is 4.79 Å². The highest BCUT2D eigenvalue weighted by atomic mass is 16.5. The van der Waals surface area contributed by atoms with Gasteiger partial charge in [0.05, 0.1) is 7.11 Å². The summed E-state index contributed by atoms with van der Waals surface area (Å²) in [4.78, 5) is 19.0. The highest BCUT2D eigenvalue weighted by Crippen LogP contribution is 2.28. The molecule has 1 aliphatic heterocycles. The van der Waals surface area contributed by atoms with Crippen molar-refractivity contribution in [3.05, 3.63) is 29.8 Å². The molecule has 1 amide bonds. The first-order valence-corrected chi connectivity index (χ1v) is 10.5. The number of hydrogen-bond acceptors (Lipinski definition) is 3. The van der Waals surface area contributed by atoms with E-state index in [4.69, 9.17) is 4.74 Å². The molecule has 154 valence electrons. The molecule has 0 bridgehead atoms. The zero-order valence-electron chi connectivity index (χ0n) is 17.4. The lowest BCUT2D eigenvalue weighted by Crippen LogP contribution is -2.46. The summed E-state index contributed by atoms with van der Waals surface area (Å²) >= 11 is 0. The summed E-state index contributed by atoms with van der Waals surface area (Å²) in [6.07, 6.45) is 5.51. The SMILES string of the molecule is CN=C(NCC(C)c1ccccc1OC)NC1CCN(C(=O)C2CCCC2)C1. The lowest BCUT2D eigenvalue weighted by molar-refractivity contribution is -0.134. The van der Waals surface area contributed by atoms with Crippen molar-refractivity contribution < 1.29 is 9.53 Å². The van der Waals surface area contributed by atoms with E-state index in [-0.39, 0.29) is 12.0 Å². The van der Waals surface area contributed by atoms with Gasteiger partial charge in [0.1, 0.15) is 5.75 Å². The second-order valence-corrected chi connectivity index (χ2v) is 7.99. The highest BCUT2D eigenvalue weighted by molar-refractivity contribution is 5.81. The summed E-state index contributed by atoms with van der Waals surface area (Å²) in [5.41, 5.74) is 1.18. The fraction of sp³-hybridized carbons (Fsp3) is 0.636. The van der Waals surface area contributed by atoms with Crippen molar-refractivity contribution in [1.29, 1.82) is 0 Å². The van der Waals surface area contributed by atoms with Gasteiger partial charge in [0, 0.05) is 44.6 Å². The molecular formula is C22H34N4O2. The molecule has 6 nitrogen and oxygen atoms in total. The Morgan fingerprint density at radius 1 is 1.29 bits per heavy atom. The van der Waals surface area contributed by atoms with Gasteiger partial charge in [-0.2, -0.15) is 0 Å². The zero-order chi connectivity index (χ0) is 19.9. The van der Waals surface area contributed by atoms with Crippen LogP contribution in [0.4, 0.5) is 0 Å². The van der Waals surface area contributed by atoms with E-state index in [9.17, 15) is 4.79 Å². The summed E-state index contributed by atoms with van der Waals surface area (Å²) in [7, 11) is 3.50. The number of carbonyl (C=O) groups excluding carboxylic acids is 1. The summed E-state index contributed by atoms with van der Waals surface area (Å²) < 4.78 is 5.47. The molecule has 1 saturated carbocycles. The fourth-order valence-corrected chi connectivity index (χ4v) is 4.33. The number of nitrogens with zero attached hydrogens (tertiary/aromatic N) is 2. The number of methoxy groups -OCH3 is 1. The van der Waals surface area contributed by atoms with Gasteiger partial charge >= 0.3 is 0 Å². The van der Waals surface area contributed by atoms with Crippen LogP contribution in [0.5, 0.6) is 5.75 Å². The Morgan fingerprint density at radius 3 is 2.75 bits per heavy atom. The number of rotatable bonds is 6. The monoisotopic (exact) mass is 386 g/mol. The van der Waals surface area contributed by atoms with Gasteiger partial charge < -0.3 is 20.3 Å². The predicted molar refractivity (Wildman–Crippen MR) is 113 cm³/mol. The van der Waals surface area contributed by atoms with E-state index in [0.717, 1.165) is 50.6 Å². The van der Waals surface area contributed by atoms with E-state index in [1.54, 1.807) is 14.2 Å². The minimum atomic E-state index is 0.262. The van der Waals surface area contributed by atoms with Gasteiger partial charge in [0.2, 0.25) is 5.91 Å².